The average molecular weight is 369 g/mol. The predicted octanol–water partition coefficient (Wildman–Crippen LogP) is 4.35. The first kappa shape index (κ1) is 16.7. The van der Waals surface area contributed by atoms with Gasteiger partial charge in [0.1, 0.15) is 0 Å². The van der Waals surface area contributed by atoms with Crippen molar-refractivity contribution in [2.75, 3.05) is 11.4 Å². The fraction of sp³-hybridized carbons (Fsp3) is 0.200. The van der Waals surface area contributed by atoms with E-state index in [0.29, 0.717) is 15.9 Å². The van der Waals surface area contributed by atoms with Crippen LogP contribution in [0.4, 0.5) is 5.69 Å². The van der Waals surface area contributed by atoms with Crippen LogP contribution in [0.25, 0.3) is 22.0 Å². The van der Waals surface area contributed by atoms with Gasteiger partial charge in [0, 0.05) is 34.9 Å². The van der Waals surface area contributed by atoms with Crippen molar-refractivity contribution in [2.24, 2.45) is 0 Å². The highest BCUT2D eigenvalue weighted by atomic mass is 35.5. The summed E-state index contributed by atoms with van der Waals surface area (Å²) in [6, 6.07) is 11.4. The smallest absolute Gasteiger partial charge is 0.337 e. The predicted molar refractivity (Wildman–Crippen MR) is 102 cm³/mol. The Morgan fingerprint density at radius 2 is 1.96 bits per heavy atom. The molecule has 1 aliphatic rings. The van der Waals surface area contributed by atoms with Crippen molar-refractivity contribution in [1.29, 1.82) is 0 Å². The molecule has 4 rings (SSSR count). The fourth-order valence-corrected chi connectivity index (χ4v) is 3.77. The van der Waals surface area contributed by atoms with Crippen LogP contribution in [0.1, 0.15) is 23.7 Å². The number of fused-ring (bicyclic) bond motifs is 1. The van der Waals surface area contributed by atoms with Crippen molar-refractivity contribution < 1.29 is 14.7 Å². The van der Waals surface area contributed by atoms with E-state index in [1.165, 1.54) is 6.20 Å². The summed E-state index contributed by atoms with van der Waals surface area (Å²) in [4.78, 5) is 28.0. The molecular formula is C20H17ClN2O3. The van der Waals surface area contributed by atoms with Gasteiger partial charge in [-0.3, -0.25) is 4.79 Å². The largest absolute Gasteiger partial charge is 0.478 e. The molecule has 5 nitrogen and oxygen atoms in total. The SMILES string of the molecule is CC(=O)C1CCN1c1ccc(-c2cc3c(C(=O)O)c[nH]c3cc2Cl)cc1. The van der Waals surface area contributed by atoms with Gasteiger partial charge in [0.25, 0.3) is 0 Å². The number of rotatable bonds is 4. The Hall–Kier alpha value is -2.79. The van der Waals surface area contributed by atoms with E-state index in [1.807, 2.05) is 24.3 Å². The van der Waals surface area contributed by atoms with E-state index in [9.17, 15) is 14.7 Å². The van der Waals surface area contributed by atoms with Gasteiger partial charge in [0.05, 0.1) is 16.6 Å². The minimum atomic E-state index is -0.979. The summed E-state index contributed by atoms with van der Waals surface area (Å²) in [5.41, 5.74) is 3.60. The molecule has 1 unspecified atom stereocenters. The van der Waals surface area contributed by atoms with Gasteiger partial charge in [-0.15, -0.1) is 0 Å². The molecule has 2 heterocycles. The number of carbonyl (C=O) groups is 2. The molecule has 0 bridgehead atoms. The third-order valence-electron chi connectivity index (χ3n) is 5.00. The van der Waals surface area contributed by atoms with Crippen LogP contribution in [0, 0.1) is 0 Å². The second-order valence-electron chi connectivity index (χ2n) is 6.54. The monoisotopic (exact) mass is 368 g/mol. The quantitative estimate of drug-likeness (QED) is 0.717. The topological polar surface area (TPSA) is 73.4 Å². The highest BCUT2D eigenvalue weighted by molar-refractivity contribution is 6.34. The van der Waals surface area contributed by atoms with Gasteiger partial charge in [0.2, 0.25) is 0 Å². The highest BCUT2D eigenvalue weighted by Gasteiger charge is 2.31. The summed E-state index contributed by atoms with van der Waals surface area (Å²) in [6.07, 6.45) is 2.37. The highest BCUT2D eigenvalue weighted by Crippen LogP contribution is 2.35. The molecule has 0 aliphatic carbocycles. The van der Waals surface area contributed by atoms with E-state index in [-0.39, 0.29) is 17.4 Å². The van der Waals surface area contributed by atoms with Gasteiger partial charge >= 0.3 is 5.97 Å². The molecule has 1 atom stereocenters. The van der Waals surface area contributed by atoms with Gasteiger partial charge in [0.15, 0.2) is 5.78 Å². The Balaban J connectivity index is 1.71. The summed E-state index contributed by atoms with van der Waals surface area (Å²) < 4.78 is 0. The zero-order chi connectivity index (χ0) is 18.4. The van der Waals surface area contributed by atoms with Crippen molar-refractivity contribution in [3.05, 3.63) is 53.2 Å². The summed E-state index contributed by atoms with van der Waals surface area (Å²) >= 11 is 6.41. The Kier molecular flexibility index (Phi) is 3.96. The third-order valence-corrected chi connectivity index (χ3v) is 5.31. The van der Waals surface area contributed by atoms with Crippen LogP contribution in [0.15, 0.2) is 42.6 Å². The first-order valence-corrected chi connectivity index (χ1v) is 8.75. The molecule has 26 heavy (non-hydrogen) atoms. The number of aromatic amines is 1. The molecule has 1 aromatic heterocycles. The van der Waals surface area contributed by atoms with E-state index < -0.39 is 5.97 Å². The van der Waals surface area contributed by atoms with Crippen LogP contribution < -0.4 is 4.90 Å². The fourth-order valence-electron chi connectivity index (χ4n) is 3.49. The first-order valence-electron chi connectivity index (χ1n) is 8.37. The van der Waals surface area contributed by atoms with Crippen molar-refractivity contribution in [1.82, 2.24) is 4.98 Å². The number of aromatic carboxylic acids is 1. The number of halogens is 1. The van der Waals surface area contributed by atoms with E-state index >= 15 is 0 Å². The first-order chi connectivity index (χ1) is 12.5. The number of carboxylic acid groups (broad SMARTS) is 1. The number of H-pyrrole nitrogens is 1. The van der Waals surface area contributed by atoms with Crippen LogP contribution in [-0.4, -0.2) is 34.4 Å². The van der Waals surface area contributed by atoms with E-state index in [1.54, 1.807) is 19.1 Å². The third kappa shape index (κ3) is 2.65. The van der Waals surface area contributed by atoms with Crippen molar-refractivity contribution in [3.8, 4) is 11.1 Å². The van der Waals surface area contributed by atoms with Crippen LogP contribution in [0.5, 0.6) is 0 Å². The summed E-state index contributed by atoms with van der Waals surface area (Å²) in [6.45, 7) is 2.50. The number of Topliss-reactive ketones (excluding diaryl/α,β-unsaturated/α-hetero) is 1. The Labute approximate surface area is 155 Å². The standard InChI is InChI=1S/C20H17ClN2O3/c1-11(24)19-6-7-23(19)13-4-2-12(3-5-13)14-8-15-16(20(25)26)10-22-18(15)9-17(14)21/h2-5,8-10,19,22H,6-7H2,1H3,(H,25,26). The number of hydrogen-bond donors (Lipinski definition) is 2. The number of benzene rings is 2. The minimum absolute atomic E-state index is 0.0289. The number of anilines is 1. The van der Waals surface area contributed by atoms with Gasteiger partial charge in [-0.2, -0.15) is 0 Å². The molecule has 1 saturated heterocycles. The Bertz CT molecular complexity index is 1020. The molecule has 6 heteroatoms. The molecule has 2 aromatic carbocycles. The zero-order valence-electron chi connectivity index (χ0n) is 14.1. The lowest BCUT2D eigenvalue weighted by molar-refractivity contribution is -0.119. The Morgan fingerprint density at radius 3 is 2.54 bits per heavy atom. The molecule has 0 amide bonds. The van der Waals surface area contributed by atoms with Gasteiger partial charge in [-0.25, -0.2) is 4.79 Å². The van der Waals surface area contributed by atoms with E-state index in [2.05, 4.69) is 9.88 Å². The lowest BCUT2D eigenvalue weighted by Crippen LogP contribution is -2.51. The summed E-state index contributed by atoms with van der Waals surface area (Å²) in [5.74, 6) is -0.796. The van der Waals surface area contributed by atoms with Crippen LogP contribution in [0.3, 0.4) is 0 Å². The number of aromatic nitrogens is 1. The number of nitrogens with one attached hydrogen (secondary N) is 1. The van der Waals surface area contributed by atoms with Gasteiger partial charge < -0.3 is 15.0 Å². The molecule has 0 spiro atoms. The molecule has 0 radical (unpaired) electrons. The number of hydrogen-bond acceptors (Lipinski definition) is 3. The number of nitrogens with zero attached hydrogens (tertiary/aromatic N) is 1. The van der Waals surface area contributed by atoms with E-state index in [0.717, 1.165) is 29.8 Å². The number of ketones is 1. The maximum absolute atomic E-state index is 11.6. The van der Waals surface area contributed by atoms with Crippen LogP contribution in [0.2, 0.25) is 5.02 Å². The molecule has 2 N–H and O–H groups in total. The maximum atomic E-state index is 11.6. The summed E-state index contributed by atoms with van der Waals surface area (Å²) in [5, 5.41) is 10.5. The maximum Gasteiger partial charge on any atom is 0.337 e. The van der Waals surface area contributed by atoms with Crippen LogP contribution in [-0.2, 0) is 4.79 Å². The van der Waals surface area contributed by atoms with Crippen molar-refractivity contribution in [3.63, 3.8) is 0 Å². The number of carbonyl (C=O) groups excluding carboxylic acids is 1. The second-order valence-corrected chi connectivity index (χ2v) is 6.95. The molecule has 3 aromatic rings. The lowest BCUT2D eigenvalue weighted by Gasteiger charge is -2.41. The van der Waals surface area contributed by atoms with Gasteiger partial charge in [-0.1, -0.05) is 23.7 Å². The zero-order valence-corrected chi connectivity index (χ0v) is 14.9. The molecule has 1 fully saturated rings. The normalized spacial score (nSPS) is 16.5. The number of carboxylic acids is 1. The second kappa shape index (κ2) is 6.18. The molecule has 132 valence electrons. The van der Waals surface area contributed by atoms with Crippen molar-refractivity contribution in [2.45, 2.75) is 19.4 Å². The average Bonchev–Trinajstić information content (AvgIpc) is 2.96. The van der Waals surface area contributed by atoms with Crippen molar-refractivity contribution >= 4 is 39.9 Å². The summed E-state index contributed by atoms with van der Waals surface area (Å²) in [7, 11) is 0. The Morgan fingerprint density at radius 1 is 1.23 bits per heavy atom. The van der Waals surface area contributed by atoms with E-state index in [4.69, 9.17) is 11.6 Å². The van der Waals surface area contributed by atoms with Crippen LogP contribution >= 0.6 is 11.6 Å². The lowest BCUT2D eigenvalue weighted by atomic mass is 9.97. The molecule has 0 saturated carbocycles. The molecule has 1 aliphatic heterocycles. The minimum Gasteiger partial charge on any atom is -0.478 e. The van der Waals surface area contributed by atoms with Gasteiger partial charge in [-0.05, 0) is 43.2 Å². The molecular weight excluding hydrogens is 352 g/mol.